The van der Waals surface area contributed by atoms with Crippen LogP contribution in [0.5, 0.6) is 0 Å². The second-order valence-electron chi connectivity index (χ2n) is 10.3. The minimum atomic E-state index is -0.563. The molecule has 2 aromatic rings. The third-order valence-electron chi connectivity index (χ3n) is 8.81. The smallest absolute Gasteiger partial charge is 0.235 e. The highest BCUT2D eigenvalue weighted by atomic mass is 16.2. The van der Waals surface area contributed by atoms with Crippen LogP contribution in [0, 0.1) is 19.3 Å². The monoisotopic (exact) mass is 392 g/mol. The van der Waals surface area contributed by atoms with Crippen LogP contribution in [0.15, 0.2) is 12.1 Å². The molecule has 2 aliphatic carbocycles. The Morgan fingerprint density at radius 2 is 1.45 bits per heavy atom. The molecular formula is C24H32N4O. The van der Waals surface area contributed by atoms with Gasteiger partial charge in [0.25, 0.3) is 0 Å². The molecule has 2 atom stereocenters. The van der Waals surface area contributed by atoms with Gasteiger partial charge in [-0.3, -0.25) is 4.79 Å². The van der Waals surface area contributed by atoms with Gasteiger partial charge in [-0.05, 0) is 62.4 Å². The molecule has 1 saturated heterocycles. The van der Waals surface area contributed by atoms with Crippen LogP contribution in [-0.2, 0) is 15.6 Å². The number of amides is 1. The van der Waals surface area contributed by atoms with Crippen LogP contribution in [0.2, 0.25) is 0 Å². The quantitative estimate of drug-likeness (QED) is 0.747. The summed E-state index contributed by atoms with van der Waals surface area (Å²) in [6.45, 7) is 14.6. The van der Waals surface area contributed by atoms with E-state index in [-0.39, 0.29) is 16.7 Å². The minimum absolute atomic E-state index is 0.120. The van der Waals surface area contributed by atoms with Crippen molar-refractivity contribution in [3.8, 4) is 0 Å². The van der Waals surface area contributed by atoms with Gasteiger partial charge in [-0.2, -0.15) is 0 Å². The van der Waals surface area contributed by atoms with E-state index in [1.165, 1.54) is 11.1 Å². The predicted octanol–water partition coefficient (Wildman–Crippen LogP) is 3.35. The summed E-state index contributed by atoms with van der Waals surface area (Å²) in [5.41, 5.74) is 5.47. The summed E-state index contributed by atoms with van der Waals surface area (Å²) in [4.78, 5) is 28.8. The minimum Gasteiger partial charge on any atom is -0.339 e. The molecule has 3 aliphatic rings. The zero-order chi connectivity index (χ0) is 20.8. The third kappa shape index (κ3) is 2.17. The normalized spacial score (nSPS) is 30.8. The van der Waals surface area contributed by atoms with Crippen molar-refractivity contribution in [1.82, 2.24) is 19.8 Å². The number of hydrogen-bond acceptors (Lipinski definition) is 4. The summed E-state index contributed by atoms with van der Waals surface area (Å²) in [6.07, 6.45) is 1.87. The molecule has 0 radical (unpaired) electrons. The second-order valence-corrected chi connectivity index (χ2v) is 10.3. The van der Waals surface area contributed by atoms with E-state index in [2.05, 4.69) is 63.6 Å². The average molecular weight is 393 g/mol. The number of likely N-dealkylation sites (N-methyl/N-ethyl adjacent to an activating group) is 1. The van der Waals surface area contributed by atoms with Gasteiger partial charge in [0.05, 0.1) is 27.8 Å². The van der Waals surface area contributed by atoms with Gasteiger partial charge in [-0.1, -0.05) is 20.8 Å². The first-order valence-electron chi connectivity index (χ1n) is 10.9. The lowest BCUT2D eigenvalue weighted by Gasteiger charge is -2.44. The van der Waals surface area contributed by atoms with Gasteiger partial charge in [0.15, 0.2) is 0 Å². The predicted molar refractivity (Wildman–Crippen MR) is 115 cm³/mol. The molecule has 1 aromatic heterocycles. The van der Waals surface area contributed by atoms with Crippen molar-refractivity contribution in [3.63, 3.8) is 0 Å². The van der Waals surface area contributed by atoms with Crippen LogP contribution in [0.25, 0.3) is 11.0 Å². The van der Waals surface area contributed by atoms with E-state index in [1.807, 2.05) is 0 Å². The van der Waals surface area contributed by atoms with Gasteiger partial charge in [-0.15, -0.1) is 0 Å². The number of carbonyl (C=O) groups is 1. The maximum atomic E-state index is 14.1. The Balaban J connectivity index is 1.72. The first-order valence-corrected chi connectivity index (χ1v) is 10.9. The molecule has 0 spiro atoms. The lowest BCUT2D eigenvalue weighted by Crippen LogP contribution is -2.57. The third-order valence-corrected chi connectivity index (χ3v) is 8.81. The molecule has 5 rings (SSSR count). The summed E-state index contributed by atoms with van der Waals surface area (Å²) in [5, 5.41) is 0. The number of fused-ring (bicyclic) bond motifs is 6. The fraction of sp³-hybridized carbons (Fsp3) is 0.625. The van der Waals surface area contributed by atoms with Crippen LogP contribution >= 0.6 is 0 Å². The summed E-state index contributed by atoms with van der Waals surface area (Å²) in [6, 6.07) is 4.28. The van der Waals surface area contributed by atoms with Crippen molar-refractivity contribution in [2.45, 2.75) is 58.3 Å². The number of carbonyl (C=O) groups excluding carboxylic acids is 1. The Hall–Kier alpha value is -2.01. The maximum absolute atomic E-state index is 14.1. The first-order chi connectivity index (χ1) is 13.6. The Kier molecular flexibility index (Phi) is 3.78. The Morgan fingerprint density at radius 1 is 0.897 bits per heavy atom. The van der Waals surface area contributed by atoms with E-state index in [0.29, 0.717) is 0 Å². The van der Waals surface area contributed by atoms with Gasteiger partial charge in [0, 0.05) is 31.6 Å². The maximum Gasteiger partial charge on any atom is 0.235 e. The number of benzene rings is 1. The molecule has 5 nitrogen and oxygen atoms in total. The lowest BCUT2D eigenvalue weighted by molar-refractivity contribution is -0.143. The number of hydrogen-bond donors (Lipinski definition) is 0. The number of aryl methyl sites for hydroxylation is 2. The Bertz CT molecular complexity index is 1040. The van der Waals surface area contributed by atoms with Crippen molar-refractivity contribution in [3.05, 3.63) is 34.6 Å². The lowest BCUT2D eigenvalue weighted by atomic mass is 9.63. The highest BCUT2D eigenvalue weighted by Gasteiger charge is 2.73. The van der Waals surface area contributed by atoms with Gasteiger partial charge in [-0.25, -0.2) is 9.97 Å². The highest BCUT2D eigenvalue weighted by molar-refractivity contribution is 5.93. The van der Waals surface area contributed by atoms with Crippen LogP contribution in [0.4, 0.5) is 0 Å². The molecular weight excluding hydrogens is 360 g/mol. The summed E-state index contributed by atoms with van der Waals surface area (Å²) >= 11 is 0. The van der Waals surface area contributed by atoms with Crippen LogP contribution in [-0.4, -0.2) is 58.9 Å². The second kappa shape index (κ2) is 5.78. The van der Waals surface area contributed by atoms with Crippen LogP contribution in [0.3, 0.4) is 0 Å². The van der Waals surface area contributed by atoms with Gasteiger partial charge in [0.2, 0.25) is 5.91 Å². The fourth-order valence-electron chi connectivity index (χ4n) is 6.11. The number of nitrogens with zero attached hydrogens (tertiary/aromatic N) is 4. The van der Waals surface area contributed by atoms with Gasteiger partial charge in [0.1, 0.15) is 0 Å². The molecule has 1 aliphatic heterocycles. The van der Waals surface area contributed by atoms with E-state index in [0.717, 1.165) is 61.4 Å². The van der Waals surface area contributed by atoms with Crippen molar-refractivity contribution >= 4 is 16.9 Å². The highest BCUT2D eigenvalue weighted by Crippen LogP contribution is 2.70. The van der Waals surface area contributed by atoms with Crippen molar-refractivity contribution in [2.24, 2.45) is 5.41 Å². The molecule has 2 unspecified atom stereocenters. The van der Waals surface area contributed by atoms with E-state index in [9.17, 15) is 4.79 Å². The molecule has 1 saturated carbocycles. The molecule has 1 aromatic carbocycles. The van der Waals surface area contributed by atoms with Crippen LogP contribution in [0.1, 0.15) is 56.1 Å². The molecule has 2 fully saturated rings. The van der Waals surface area contributed by atoms with E-state index < -0.39 is 5.41 Å². The average Bonchev–Trinajstić information content (AvgIpc) is 2.97. The number of piperazine rings is 1. The summed E-state index contributed by atoms with van der Waals surface area (Å²) in [7, 11) is 2.13. The molecule has 154 valence electrons. The molecule has 5 heteroatoms. The van der Waals surface area contributed by atoms with Crippen molar-refractivity contribution < 1.29 is 4.79 Å². The Labute approximate surface area is 173 Å². The number of aromatic nitrogens is 2. The zero-order valence-corrected chi connectivity index (χ0v) is 18.6. The molecule has 2 heterocycles. The van der Waals surface area contributed by atoms with Crippen molar-refractivity contribution in [1.29, 1.82) is 0 Å². The molecule has 1 amide bonds. The topological polar surface area (TPSA) is 49.3 Å². The van der Waals surface area contributed by atoms with E-state index in [4.69, 9.17) is 9.97 Å². The first kappa shape index (κ1) is 19.0. The number of rotatable bonds is 1. The SMILES string of the molecule is Cc1cc2nc3c(nc2cc1C)C1(C(=O)N2CCN(C)CC2)CCC3(C)C1(C)C. The van der Waals surface area contributed by atoms with Crippen LogP contribution < -0.4 is 0 Å². The Morgan fingerprint density at radius 3 is 2.03 bits per heavy atom. The summed E-state index contributed by atoms with van der Waals surface area (Å²) in [5.74, 6) is 0.274. The van der Waals surface area contributed by atoms with Crippen molar-refractivity contribution in [2.75, 3.05) is 33.2 Å². The van der Waals surface area contributed by atoms with E-state index >= 15 is 0 Å². The fourth-order valence-corrected chi connectivity index (χ4v) is 6.11. The largest absolute Gasteiger partial charge is 0.339 e. The zero-order valence-electron chi connectivity index (χ0n) is 18.6. The summed E-state index contributed by atoms with van der Waals surface area (Å²) < 4.78 is 0. The molecule has 29 heavy (non-hydrogen) atoms. The van der Waals surface area contributed by atoms with Gasteiger partial charge < -0.3 is 9.80 Å². The standard InChI is InChI=1S/C24H32N4O/c1-15-13-17-18(14-16(15)2)26-20-19(25-17)23(5)7-8-24(20,22(23,3)4)21(29)28-11-9-27(6)10-12-28/h13-14H,7-12H2,1-6H3. The molecule has 0 N–H and O–H groups in total. The van der Waals surface area contributed by atoms with E-state index in [1.54, 1.807) is 0 Å². The molecule has 2 bridgehead atoms. The van der Waals surface area contributed by atoms with Gasteiger partial charge >= 0.3 is 0 Å².